The van der Waals surface area contributed by atoms with Crippen LogP contribution in [0.5, 0.6) is 0 Å². The van der Waals surface area contributed by atoms with Gasteiger partial charge in [-0.25, -0.2) is 0 Å². The summed E-state index contributed by atoms with van der Waals surface area (Å²) in [4.78, 5) is 11.4. The molecule has 1 atom stereocenters. The monoisotopic (exact) mass is 220 g/mol. The van der Waals surface area contributed by atoms with Gasteiger partial charge in [-0.15, -0.1) is 11.8 Å². The molecule has 0 aliphatic rings. The minimum atomic E-state index is -0.0129. The predicted octanol–water partition coefficient (Wildman–Crippen LogP) is 0.220. The van der Waals surface area contributed by atoms with Crippen molar-refractivity contribution >= 4 is 17.7 Å². The molecule has 0 aromatic rings. The summed E-state index contributed by atoms with van der Waals surface area (Å²) in [6, 6.07) is 0. The fraction of sp³-hybridized carbons (Fsp3) is 0.889. The van der Waals surface area contributed by atoms with Crippen LogP contribution < -0.4 is 11.1 Å². The van der Waals surface area contributed by atoms with E-state index in [4.69, 9.17) is 10.5 Å². The van der Waals surface area contributed by atoms with E-state index in [1.807, 2.05) is 6.92 Å². The third kappa shape index (κ3) is 7.17. The lowest BCUT2D eigenvalue weighted by atomic mass is 10.4. The number of nitrogens with two attached hydrogens (primary N) is 1. The van der Waals surface area contributed by atoms with Crippen LogP contribution in [0.15, 0.2) is 0 Å². The molecule has 5 heteroatoms. The standard InChI is InChI=1S/C9H20N2O2S/c1-8(14-7-4-10)9(12)11-5-3-6-13-2/h8H,3-7,10H2,1-2H3,(H,11,12). The molecule has 84 valence electrons. The van der Waals surface area contributed by atoms with Gasteiger partial charge in [0.05, 0.1) is 5.25 Å². The zero-order valence-electron chi connectivity index (χ0n) is 8.91. The van der Waals surface area contributed by atoms with Crippen LogP contribution in [-0.2, 0) is 9.53 Å². The van der Waals surface area contributed by atoms with Crippen LogP contribution in [-0.4, -0.2) is 43.7 Å². The summed E-state index contributed by atoms with van der Waals surface area (Å²) in [5.41, 5.74) is 5.35. The number of nitrogens with one attached hydrogen (secondary N) is 1. The van der Waals surface area contributed by atoms with Gasteiger partial charge >= 0.3 is 0 Å². The Bertz CT molecular complexity index is 156. The fourth-order valence-corrected chi connectivity index (χ4v) is 1.62. The maximum Gasteiger partial charge on any atom is 0.232 e. The van der Waals surface area contributed by atoms with Crippen molar-refractivity contribution in [1.29, 1.82) is 0 Å². The number of rotatable bonds is 8. The van der Waals surface area contributed by atoms with Gasteiger partial charge in [0.1, 0.15) is 0 Å². The molecule has 0 aromatic carbocycles. The first-order valence-electron chi connectivity index (χ1n) is 4.80. The van der Waals surface area contributed by atoms with E-state index < -0.39 is 0 Å². The van der Waals surface area contributed by atoms with E-state index in [1.54, 1.807) is 18.9 Å². The molecule has 0 aliphatic heterocycles. The second-order valence-electron chi connectivity index (χ2n) is 2.94. The van der Waals surface area contributed by atoms with Crippen molar-refractivity contribution in [1.82, 2.24) is 5.32 Å². The molecule has 0 fully saturated rings. The lowest BCUT2D eigenvalue weighted by molar-refractivity contribution is -0.120. The Morgan fingerprint density at radius 2 is 2.36 bits per heavy atom. The lowest BCUT2D eigenvalue weighted by Gasteiger charge is -2.10. The normalized spacial score (nSPS) is 12.5. The van der Waals surface area contributed by atoms with Gasteiger partial charge in [-0.1, -0.05) is 0 Å². The van der Waals surface area contributed by atoms with Gasteiger partial charge < -0.3 is 15.8 Å². The van der Waals surface area contributed by atoms with Crippen molar-refractivity contribution in [2.45, 2.75) is 18.6 Å². The molecule has 0 bridgehead atoms. The van der Waals surface area contributed by atoms with Gasteiger partial charge in [-0.3, -0.25) is 4.79 Å². The second-order valence-corrected chi connectivity index (χ2v) is 4.39. The van der Waals surface area contributed by atoms with E-state index in [2.05, 4.69) is 5.32 Å². The van der Waals surface area contributed by atoms with Gasteiger partial charge in [-0.2, -0.15) is 0 Å². The summed E-state index contributed by atoms with van der Waals surface area (Å²) < 4.78 is 4.88. The number of carbonyl (C=O) groups is 1. The fourth-order valence-electron chi connectivity index (χ4n) is 0.892. The average molecular weight is 220 g/mol. The van der Waals surface area contributed by atoms with E-state index in [-0.39, 0.29) is 11.2 Å². The number of hydrogen-bond donors (Lipinski definition) is 2. The van der Waals surface area contributed by atoms with Crippen LogP contribution >= 0.6 is 11.8 Å². The highest BCUT2D eigenvalue weighted by atomic mass is 32.2. The first-order chi connectivity index (χ1) is 6.72. The lowest BCUT2D eigenvalue weighted by Crippen LogP contribution is -2.32. The Hall–Kier alpha value is -0.260. The molecule has 0 radical (unpaired) electrons. The van der Waals surface area contributed by atoms with Gasteiger partial charge in [0.15, 0.2) is 0 Å². The van der Waals surface area contributed by atoms with Crippen molar-refractivity contribution in [2.24, 2.45) is 5.73 Å². The van der Waals surface area contributed by atoms with Crippen LogP contribution in [0.1, 0.15) is 13.3 Å². The third-order valence-corrected chi connectivity index (χ3v) is 2.86. The first kappa shape index (κ1) is 13.7. The molecular weight excluding hydrogens is 200 g/mol. The second kappa shape index (κ2) is 9.30. The van der Waals surface area contributed by atoms with Crippen molar-refractivity contribution in [3.05, 3.63) is 0 Å². The van der Waals surface area contributed by atoms with Crippen LogP contribution in [0, 0.1) is 0 Å². The van der Waals surface area contributed by atoms with Crippen molar-refractivity contribution in [3.8, 4) is 0 Å². The summed E-state index contributed by atoms with van der Waals surface area (Å²) in [5.74, 6) is 0.909. The maximum absolute atomic E-state index is 11.4. The molecule has 0 aliphatic carbocycles. The number of hydrogen-bond acceptors (Lipinski definition) is 4. The smallest absolute Gasteiger partial charge is 0.232 e. The number of ether oxygens (including phenoxy) is 1. The highest BCUT2D eigenvalue weighted by Gasteiger charge is 2.11. The average Bonchev–Trinajstić information content (AvgIpc) is 2.20. The van der Waals surface area contributed by atoms with E-state index in [0.717, 1.165) is 12.2 Å². The molecule has 0 rings (SSSR count). The van der Waals surface area contributed by atoms with Crippen LogP contribution in [0.4, 0.5) is 0 Å². The number of carbonyl (C=O) groups excluding carboxylic acids is 1. The molecule has 1 unspecified atom stereocenters. The Morgan fingerprint density at radius 1 is 1.64 bits per heavy atom. The number of methoxy groups -OCH3 is 1. The Balaban J connectivity index is 3.42. The van der Waals surface area contributed by atoms with E-state index in [9.17, 15) is 4.79 Å². The molecule has 0 saturated carbocycles. The van der Waals surface area contributed by atoms with Crippen LogP contribution in [0.3, 0.4) is 0 Å². The Kier molecular flexibility index (Phi) is 9.13. The minimum absolute atomic E-state index is 0.0129. The van der Waals surface area contributed by atoms with Gasteiger partial charge in [0.2, 0.25) is 5.91 Å². The Labute approximate surface area is 89.9 Å². The summed E-state index contributed by atoms with van der Waals surface area (Å²) >= 11 is 1.58. The van der Waals surface area contributed by atoms with Crippen LogP contribution in [0.2, 0.25) is 0 Å². The predicted molar refractivity (Wildman–Crippen MR) is 60.5 cm³/mol. The molecule has 14 heavy (non-hydrogen) atoms. The van der Waals surface area contributed by atoms with E-state index in [1.165, 1.54) is 0 Å². The highest BCUT2D eigenvalue weighted by molar-refractivity contribution is 8.00. The largest absolute Gasteiger partial charge is 0.385 e. The molecule has 1 amide bonds. The highest BCUT2D eigenvalue weighted by Crippen LogP contribution is 2.08. The molecule has 0 heterocycles. The molecule has 0 spiro atoms. The quantitative estimate of drug-likeness (QED) is 0.574. The number of amides is 1. The molecule has 0 saturated heterocycles. The first-order valence-corrected chi connectivity index (χ1v) is 5.85. The summed E-state index contributed by atoms with van der Waals surface area (Å²) in [6.45, 7) is 3.88. The maximum atomic E-state index is 11.4. The Morgan fingerprint density at radius 3 is 2.93 bits per heavy atom. The summed E-state index contributed by atoms with van der Waals surface area (Å²) in [7, 11) is 1.65. The van der Waals surface area contributed by atoms with Crippen molar-refractivity contribution < 1.29 is 9.53 Å². The topological polar surface area (TPSA) is 64.3 Å². The molecule has 3 N–H and O–H groups in total. The molecule has 0 aromatic heterocycles. The zero-order chi connectivity index (χ0) is 10.8. The van der Waals surface area contributed by atoms with E-state index >= 15 is 0 Å². The van der Waals surface area contributed by atoms with Gasteiger partial charge in [-0.05, 0) is 13.3 Å². The summed E-state index contributed by atoms with van der Waals surface area (Å²) in [5, 5.41) is 2.83. The minimum Gasteiger partial charge on any atom is -0.385 e. The van der Waals surface area contributed by atoms with Gasteiger partial charge in [0.25, 0.3) is 0 Å². The van der Waals surface area contributed by atoms with Crippen LogP contribution in [0.25, 0.3) is 0 Å². The van der Waals surface area contributed by atoms with Crippen molar-refractivity contribution in [2.75, 3.05) is 32.6 Å². The zero-order valence-corrected chi connectivity index (χ0v) is 9.73. The third-order valence-electron chi connectivity index (χ3n) is 1.68. The number of thioether (sulfide) groups is 1. The SMILES string of the molecule is COCCCNC(=O)C(C)SCCN. The van der Waals surface area contributed by atoms with Crippen molar-refractivity contribution in [3.63, 3.8) is 0 Å². The molecular formula is C9H20N2O2S. The van der Waals surface area contributed by atoms with Gasteiger partial charge in [0, 0.05) is 32.6 Å². The summed E-state index contributed by atoms with van der Waals surface area (Å²) in [6.07, 6.45) is 0.858. The molecule has 4 nitrogen and oxygen atoms in total. The van der Waals surface area contributed by atoms with E-state index in [0.29, 0.717) is 19.7 Å².